The molecule has 0 radical (unpaired) electrons. The van der Waals surface area contributed by atoms with Gasteiger partial charge >= 0.3 is 5.97 Å². The van der Waals surface area contributed by atoms with E-state index in [0.29, 0.717) is 6.61 Å². The lowest BCUT2D eigenvalue weighted by atomic mass is 9.68. The fraction of sp³-hybridized carbons (Fsp3) is 0.903. The zero-order valence-corrected chi connectivity index (χ0v) is 31.1. The minimum absolute atomic E-state index is 0.0115. The Morgan fingerprint density at radius 2 is 1.38 bits per heavy atom. The molecule has 0 aromatic heterocycles. The van der Waals surface area contributed by atoms with Crippen LogP contribution in [-0.2, 0) is 22.8 Å². The molecule has 0 amide bonds. The maximum atomic E-state index is 13.7. The molecule has 0 spiro atoms. The lowest BCUT2D eigenvalue weighted by Crippen LogP contribution is -2.50. The van der Waals surface area contributed by atoms with Crippen molar-refractivity contribution in [3.05, 3.63) is 11.6 Å². The second-order valence-electron chi connectivity index (χ2n) is 15.3. The SMILES string of the molecule is CC[Si](CC)(CC)O[C@H]1C[C@@H](O[Si](C)(C)C(C)(C)C)[C@H]2[C@H]1C=C(C)[C@H](CO[Si](C)(C)C(C)(C)C)[C@@H]2C(=O)OC. The van der Waals surface area contributed by atoms with E-state index in [1.807, 2.05) is 0 Å². The molecule has 0 aromatic rings. The van der Waals surface area contributed by atoms with Crippen LogP contribution in [0, 0.1) is 23.7 Å². The predicted molar refractivity (Wildman–Crippen MR) is 172 cm³/mol. The first kappa shape index (κ1) is 34.9. The molecule has 39 heavy (non-hydrogen) atoms. The molecule has 0 N–H and O–H groups in total. The molecule has 1 saturated carbocycles. The Labute approximate surface area is 244 Å². The fourth-order valence-corrected chi connectivity index (χ4v) is 11.3. The lowest BCUT2D eigenvalue weighted by molar-refractivity contribution is -0.152. The molecule has 1 fully saturated rings. The molecule has 228 valence electrons. The van der Waals surface area contributed by atoms with Crippen molar-refractivity contribution < 1.29 is 22.8 Å². The van der Waals surface area contributed by atoms with Crippen LogP contribution >= 0.6 is 0 Å². The van der Waals surface area contributed by atoms with Crippen molar-refractivity contribution in [2.24, 2.45) is 23.7 Å². The zero-order chi connectivity index (χ0) is 30.2. The summed E-state index contributed by atoms with van der Waals surface area (Å²) in [4.78, 5) is 13.7. The number of ether oxygens (including phenoxy) is 1. The lowest BCUT2D eigenvalue weighted by Gasteiger charge is -2.45. The van der Waals surface area contributed by atoms with Gasteiger partial charge in [0.05, 0.1) is 25.2 Å². The summed E-state index contributed by atoms with van der Waals surface area (Å²) >= 11 is 0. The van der Waals surface area contributed by atoms with Gasteiger partial charge in [0.1, 0.15) is 0 Å². The van der Waals surface area contributed by atoms with E-state index in [9.17, 15) is 4.79 Å². The molecule has 6 atom stereocenters. The molecule has 2 aliphatic carbocycles. The Kier molecular flexibility index (Phi) is 11.2. The van der Waals surface area contributed by atoms with E-state index >= 15 is 0 Å². The van der Waals surface area contributed by atoms with Crippen LogP contribution in [-0.4, -0.2) is 56.8 Å². The van der Waals surface area contributed by atoms with Crippen LogP contribution in [0.4, 0.5) is 0 Å². The minimum atomic E-state index is -2.09. The quantitative estimate of drug-likeness (QED) is 0.135. The number of methoxy groups -OCH3 is 1. The average molecular weight is 599 g/mol. The molecule has 5 nitrogen and oxygen atoms in total. The maximum absolute atomic E-state index is 13.7. The summed E-state index contributed by atoms with van der Waals surface area (Å²) < 4.78 is 26.7. The summed E-state index contributed by atoms with van der Waals surface area (Å²) in [7, 11) is -4.39. The van der Waals surface area contributed by atoms with Gasteiger partial charge in [-0.25, -0.2) is 0 Å². The van der Waals surface area contributed by atoms with Crippen molar-refractivity contribution in [2.75, 3.05) is 13.7 Å². The van der Waals surface area contributed by atoms with Gasteiger partial charge in [-0.1, -0.05) is 74.0 Å². The summed E-state index contributed by atoms with van der Waals surface area (Å²) in [5.41, 5.74) is 1.24. The summed E-state index contributed by atoms with van der Waals surface area (Å²) in [6, 6.07) is 3.36. The molecule has 2 rings (SSSR count). The molecule has 0 unspecified atom stereocenters. The highest BCUT2D eigenvalue weighted by Crippen LogP contribution is 2.53. The molecule has 8 heteroatoms. The van der Waals surface area contributed by atoms with Gasteiger partial charge in [0, 0.05) is 24.4 Å². The largest absolute Gasteiger partial charge is 0.469 e. The van der Waals surface area contributed by atoms with Crippen LogP contribution in [0.25, 0.3) is 0 Å². The Balaban J connectivity index is 2.59. The van der Waals surface area contributed by atoms with Gasteiger partial charge in [-0.3, -0.25) is 4.79 Å². The highest BCUT2D eigenvalue weighted by atomic mass is 28.4. The van der Waals surface area contributed by atoms with E-state index in [4.69, 9.17) is 18.0 Å². The van der Waals surface area contributed by atoms with Gasteiger partial charge in [-0.05, 0) is 67.7 Å². The number of rotatable bonds is 11. The van der Waals surface area contributed by atoms with Gasteiger partial charge in [0.2, 0.25) is 0 Å². The first-order valence-corrected chi connectivity index (χ1v) is 23.8. The Bertz CT molecular complexity index is 858. The topological polar surface area (TPSA) is 54.0 Å². The third kappa shape index (κ3) is 7.40. The Hall–Kier alpha value is -0.259. The van der Waals surface area contributed by atoms with Gasteiger partial charge in [0.25, 0.3) is 0 Å². The van der Waals surface area contributed by atoms with Crippen LogP contribution in [0.5, 0.6) is 0 Å². The first-order valence-electron chi connectivity index (χ1n) is 15.5. The van der Waals surface area contributed by atoms with Crippen molar-refractivity contribution in [2.45, 2.75) is 142 Å². The van der Waals surface area contributed by atoms with E-state index in [0.717, 1.165) is 24.6 Å². The summed E-state index contributed by atoms with van der Waals surface area (Å²) in [6.45, 7) is 32.5. The molecule has 2 aliphatic rings. The molecule has 0 aromatic carbocycles. The highest BCUT2D eigenvalue weighted by Gasteiger charge is 2.57. The fourth-order valence-electron chi connectivity index (χ4n) is 6.04. The molecule has 0 saturated heterocycles. The normalized spacial score (nSPS) is 28.7. The van der Waals surface area contributed by atoms with E-state index in [1.54, 1.807) is 0 Å². The smallest absolute Gasteiger partial charge is 0.309 e. The average Bonchev–Trinajstić information content (AvgIpc) is 3.14. The van der Waals surface area contributed by atoms with Crippen molar-refractivity contribution in [3.8, 4) is 0 Å². The summed E-state index contributed by atoms with van der Waals surface area (Å²) in [5.74, 6) is -0.243. The van der Waals surface area contributed by atoms with Crippen molar-refractivity contribution in [3.63, 3.8) is 0 Å². The number of fused-ring (bicyclic) bond motifs is 1. The first-order chi connectivity index (χ1) is 17.7. The van der Waals surface area contributed by atoms with Gasteiger partial charge in [0.15, 0.2) is 25.0 Å². The molecular formula is C31H62O5Si3. The number of esters is 1. The van der Waals surface area contributed by atoms with Crippen LogP contribution in [0.1, 0.15) is 75.7 Å². The van der Waals surface area contributed by atoms with Crippen LogP contribution in [0.15, 0.2) is 11.6 Å². The molecular weight excluding hydrogens is 537 g/mol. The highest BCUT2D eigenvalue weighted by molar-refractivity contribution is 6.74. The number of hydrogen-bond donors (Lipinski definition) is 0. The van der Waals surface area contributed by atoms with E-state index in [1.165, 1.54) is 12.7 Å². The van der Waals surface area contributed by atoms with Crippen LogP contribution in [0.2, 0.25) is 54.4 Å². The van der Waals surface area contributed by atoms with E-state index in [2.05, 4.69) is 102 Å². The molecule has 0 bridgehead atoms. The van der Waals surface area contributed by atoms with E-state index in [-0.39, 0.29) is 51.9 Å². The zero-order valence-electron chi connectivity index (χ0n) is 28.1. The van der Waals surface area contributed by atoms with Crippen LogP contribution < -0.4 is 0 Å². The second kappa shape index (κ2) is 12.5. The summed E-state index contributed by atoms with van der Waals surface area (Å²) in [6.07, 6.45) is 3.34. The predicted octanol–water partition coefficient (Wildman–Crippen LogP) is 8.79. The molecule has 0 aliphatic heterocycles. The third-order valence-electron chi connectivity index (χ3n) is 11.1. The summed E-state index contributed by atoms with van der Waals surface area (Å²) in [5, 5.41) is 0.194. The van der Waals surface area contributed by atoms with Gasteiger partial charge < -0.3 is 18.0 Å². The number of carbonyl (C=O) groups excluding carboxylic acids is 1. The van der Waals surface area contributed by atoms with Crippen molar-refractivity contribution >= 4 is 30.9 Å². The monoisotopic (exact) mass is 598 g/mol. The van der Waals surface area contributed by atoms with Gasteiger partial charge in [-0.15, -0.1) is 0 Å². The second-order valence-corrected chi connectivity index (χ2v) is 29.6. The maximum Gasteiger partial charge on any atom is 0.309 e. The Morgan fingerprint density at radius 1 is 0.872 bits per heavy atom. The molecule has 0 heterocycles. The standard InChI is InChI=1S/C31H62O5Si3/c1-16-39(17-2,18-3)36-25-20-26(35-38(14,15)31(8,9)10)27-23(25)19-22(4)24(28(27)29(32)33-11)21-34-37(12,13)30(5,6)7/h19,23-28H,16-18,20-21H2,1-15H3/t23-,24-,25-,26+,27+,28-/m0/s1. The minimum Gasteiger partial charge on any atom is -0.469 e. The van der Waals surface area contributed by atoms with Crippen molar-refractivity contribution in [1.29, 1.82) is 0 Å². The number of carbonyl (C=O) groups is 1. The van der Waals surface area contributed by atoms with E-state index < -0.39 is 25.0 Å². The number of hydrogen-bond acceptors (Lipinski definition) is 5. The third-order valence-corrected chi connectivity index (χ3v) is 24.8. The van der Waals surface area contributed by atoms with Crippen LogP contribution in [0.3, 0.4) is 0 Å². The Morgan fingerprint density at radius 3 is 1.82 bits per heavy atom. The van der Waals surface area contributed by atoms with Gasteiger partial charge in [-0.2, -0.15) is 0 Å². The van der Waals surface area contributed by atoms with Crippen molar-refractivity contribution in [1.82, 2.24) is 0 Å².